The van der Waals surface area contributed by atoms with Gasteiger partial charge in [0.25, 0.3) is 0 Å². The second kappa shape index (κ2) is 11.1. The number of rotatable bonds is 8. The van der Waals surface area contributed by atoms with Crippen molar-refractivity contribution in [1.82, 2.24) is 0 Å². The van der Waals surface area contributed by atoms with Gasteiger partial charge in [-0.2, -0.15) is 0 Å². The number of aliphatic hydroxyl groups excluding tert-OH is 2. The Balaban J connectivity index is 1.72. The molecular formula is C30H33NO9. The van der Waals surface area contributed by atoms with Crippen LogP contribution in [0.1, 0.15) is 34.3 Å². The van der Waals surface area contributed by atoms with Crippen molar-refractivity contribution in [2.24, 2.45) is 11.8 Å². The molecule has 0 aromatic heterocycles. The molecule has 3 N–H and O–H groups in total. The predicted octanol–water partition coefficient (Wildman–Crippen LogP) is 3.80. The zero-order valence-electron chi connectivity index (χ0n) is 23.0. The van der Waals surface area contributed by atoms with Gasteiger partial charge in [-0.05, 0) is 65.6 Å². The molecule has 1 heterocycles. The van der Waals surface area contributed by atoms with Crippen molar-refractivity contribution in [1.29, 1.82) is 0 Å². The molecule has 1 aliphatic heterocycles. The van der Waals surface area contributed by atoms with E-state index in [-0.39, 0.29) is 6.79 Å². The average molecular weight is 552 g/mol. The van der Waals surface area contributed by atoms with Gasteiger partial charge < -0.3 is 44.0 Å². The van der Waals surface area contributed by atoms with Crippen LogP contribution in [0.5, 0.6) is 34.5 Å². The second-order valence-corrected chi connectivity index (χ2v) is 9.78. The van der Waals surface area contributed by atoms with Crippen molar-refractivity contribution in [2.75, 3.05) is 47.2 Å². The Bertz CT molecular complexity index is 1400. The van der Waals surface area contributed by atoms with Crippen LogP contribution in [-0.2, 0) is 4.79 Å². The topological polar surface area (TPSA) is 125 Å². The fourth-order valence-corrected chi connectivity index (χ4v) is 5.73. The van der Waals surface area contributed by atoms with Crippen molar-refractivity contribution in [2.45, 2.75) is 18.9 Å². The number of aryl methyl sites for hydroxylation is 1. The zero-order valence-corrected chi connectivity index (χ0v) is 23.0. The van der Waals surface area contributed by atoms with Crippen LogP contribution in [0.25, 0.3) is 0 Å². The minimum atomic E-state index is -1.15. The molecule has 10 nitrogen and oxygen atoms in total. The third-order valence-electron chi connectivity index (χ3n) is 7.63. The van der Waals surface area contributed by atoms with Gasteiger partial charge in [-0.15, -0.1) is 0 Å². The maximum Gasteiger partial charge on any atom is 0.231 e. The monoisotopic (exact) mass is 551 g/mol. The fraction of sp³-hybridized carbons (Fsp3) is 0.367. The van der Waals surface area contributed by atoms with Crippen molar-refractivity contribution in [3.63, 3.8) is 0 Å². The van der Waals surface area contributed by atoms with Crippen LogP contribution in [0.3, 0.4) is 0 Å². The lowest BCUT2D eigenvalue weighted by Gasteiger charge is -2.41. The molecule has 1 aliphatic carbocycles. The Labute approximate surface area is 232 Å². The fourth-order valence-electron chi connectivity index (χ4n) is 5.73. The number of carbonyl (C=O) groups excluding carboxylic acids is 1. The molecule has 0 radical (unpaired) electrons. The highest BCUT2D eigenvalue weighted by molar-refractivity contribution is 5.95. The van der Waals surface area contributed by atoms with E-state index in [0.717, 1.165) is 5.56 Å². The molecule has 0 spiro atoms. The second-order valence-electron chi connectivity index (χ2n) is 9.78. The molecule has 0 saturated heterocycles. The summed E-state index contributed by atoms with van der Waals surface area (Å²) in [7, 11) is 6.07. The van der Waals surface area contributed by atoms with Gasteiger partial charge in [0.1, 0.15) is 5.75 Å². The number of anilines is 1. The average Bonchev–Trinajstić information content (AvgIpc) is 3.43. The molecule has 0 saturated carbocycles. The van der Waals surface area contributed by atoms with Crippen LogP contribution >= 0.6 is 0 Å². The van der Waals surface area contributed by atoms with Crippen molar-refractivity contribution >= 4 is 11.6 Å². The largest absolute Gasteiger partial charge is 0.495 e. The van der Waals surface area contributed by atoms with E-state index in [1.165, 1.54) is 28.4 Å². The van der Waals surface area contributed by atoms with Crippen molar-refractivity contribution in [3.05, 3.63) is 64.7 Å². The number of nitrogens with one attached hydrogen (secondary N) is 1. The molecule has 3 aromatic carbocycles. The van der Waals surface area contributed by atoms with E-state index in [0.29, 0.717) is 56.9 Å². The molecule has 2 aliphatic rings. The number of methoxy groups -OCH3 is 4. The van der Waals surface area contributed by atoms with E-state index in [1.807, 2.05) is 19.1 Å². The summed E-state index contributed by atoms with van der Waals surface area (Å²) in [5, 5.41) is 25.1. The highest BCUT2D eigenvalue weighted by atomic mass is 16.7. The Morgan fingerprint density at radius 2 is 1.52 bits per heavy atom. The third-order valence-corrected chi connectivity index (χ3v) is 7.63. The smallest absolute Gasteiger partial charge is 0.231 e. The standard InChI is InChI=1S/C30H33NO9/c1-15-6-7-21(35-2)20(8-15)31-30(34)27-19(13-32)28(33)18-12-23-22(39-14-40-23)11-17(18)26(27)16-9-24(36-3)29(38-5)25(10-16)37-4/h6-12,19,26-28,32-33H,13-14H2,1-5H3,(H,31,34)/t19-,26+,27-,28-/m0/s1. The summed E-state index contributed by atoms with van der Waals surface area (Å²) in [6.45, 7) is 1.51. The van der Waals surface area contributed by atoms with Gasteiger partial charge in [0.2, 0.25) is 18.4 Å². The normalized spacial score (nSPS) is 20.9. The van der Waals surface area contributed by atoms with Gasteiger partial charge in [-0.25, -0.2) is 0 Å². The number of amides is 1. The van der Waals surface area contributed by atoms with Gasteiger partial charge in [0, 0.05) is 18.4 Å². The van der Waals surface area contributed by atoms with Crippen LogP contribution in [0.15, 0.2) is 42.5 Å². The Morgan fingerprint density at radius 1 is 0.900 bits per heavy atom. The predicted molar refractivity (Wildman–Crippen MR) is 146 cm³/mol. The molecule has 0 bridgehead atoms. The third kappa shape index (κ3) is 4.63. The summed E-state index contributed by atoms with van der Waals surface area (Å²) >= 11 is 0. The molecule has 40 heavy (non-hydrogen) atoms. The minimum absolute atomic E-state index is 0.0453. The Hall–Kier alpha value is -4.15. The van der Waals surface area contributed by atoms with Gasteiger partial charge in [-0.1, -0.05) is 6.07 Å². The highest BCUT2D eigenvalue weighted by Crippen LogP contribution is 2.54. The van der Waals surface area contributed by atoms with E-state index in [2.05, 4.69) is 5.32 Å². The van der Waals surface area contributed by atoms with Crippen LogP contribution in [0, 0.1) is 18.8 Å². The van der Waals surface area contributed by atoms with Gasteiger partial charge in [-0.3, -0.25) is 4.79 Å². The Morgan fingerprint density at radius 3 is 2.10 bits per heavy atom. The summed E-state index contributed by atoms with van der Waals surface area (Å²) in [6.07, 6.45) is -1.15. The van der Waals surface area contributed by atoms with E-state index in [4.69, 9.17) is 28.4 Å². The van der Waals surface area contributed by atoms with E-state index in [9.17, 15) is 15.0 Å². The first-order chi connectivity index (χ1) is 19.3. The number of carbonyl (C=O) groups is 1. The van der Waals surface area contributed by atoms with E-state index >= 15 is 0 Å². The number of fused-ring (bicyclic) bond motifs is 2. The van der Waals surface area contributed by atoms with Crippen LogP contribution in [0.2, 0.25) is 0 Å². The number of benzene rings is 3. The SMILES string of the molecule is COc1ccc(C)cc1NC(=O)[C@@H]1[C@H](c2cc(OC)c(OC)c(OC)c2)c2cc3c(cc2[C@H](O)[C@H]1CO)OCO3. The number of aliphatic hydroxyl groups is 2. The van der Waals surface area contributed by atoms with Crippen LogP contribution < -0.4 is 33.7 Å². The first kappa shape index (κ1) is 27.4. The summed E-state index contributed by atoms with van der Waals surface area (Å²) < 4.78 is 33.5. The van der Waals surface area contributed by atoms with Gasteiger partial charge in [0.05, 0.1) is 46.1 Å². The van der Waals surface area contributed by atoms with Crippen molar-refractivity contribution in [3.8, 4) is 34.5 Å². The molecule has 0 fully saturated rings. The zero-order chi connectivity index (χ0) is 28.6. The molecule has 212 valence electrons. The quantitative estimate of drug-likeness (QED) is 0.383. The molecule has 10 heteroatoms. The first-order valence-corrected chi connectivity index (χ1v) is 12.8. The van der Waals surface area contributed by atoms with Gasteiger partial charge in [0.15, 0.2) is 23.0 Å². The molecule has 1 amide bonds. The maximum atomic E-state index is 14.2. The number of ether oxygens (including phenoxy) is 6. The molecule has 4 atom stereocenters. The molecule has 0 unspecified atom stereocenters. The highest BCUT2D eigenvalue weighted by Gasteiger charge is 2.47. The summed E-state index contributed by atoms with van der Waals surface area (Å²) in [4.78, 5) is 14.2. The molecule has 3 aromatic rings. The van der Waals surface area contributed by atoms with Crippen LogP contribution in [-0.4, -0.2) is 58.0 Å². The van der Waals surface area contributed by atoms with E-state index < -0.39 is 36.4 Å². The summed E-state index contributed by atoms with van der Waals surface area (Å²) in [5.74, 6) is -0.109. The lowest BCUT2D eigenvalue weighted by Crippen LogP contribution is -2.43. The number of hydrogen-bond acceptors (Lipinski definition) is 9. The van der Waals surface area contributed by atoms with Crippen LogP contribution in [0.4, 0.5) is 5.69 Å². The number of hydrogen-bond donors (Lipinski definition) is 3. The van der Waals surface area contributed by atoms with E-state index in [1.54, 1.807) is 30.3 Å². The lowest BCUT2D eigenvalue weighted by atomic mass is 9.64. The molecule has 5 rings (SSSR count). The lowest BCUT2D eigenvalue weighted by molar-refractivity contribution is -0.125. The molecular weight excluding hydrogens is 518 g/mol. The Kier molecular flexibility index (Phi) is 7.64. The maximum absolute atomic E-state index is 14.2. The minimum Gasteiger partial charge on any atom is -0.495 e. The van der Waals surface area contributed by atoms with Gasteiger partial charge >= 0.3 is 0 Å². The first-order valence-electron chi connectivity index (χ1n) is 12.8. The summed E-state index contributed by atoms with van der Waals surface area (Å²) in [6, 6.07) is 12.5. The summed E-state index contributed by atoms with van der Waals surface area (Å²) in [5.41, 5.74) is 3.28. The van der Waals surface area contributed by atoms with Crippen molar-refractivity contribution < 1.29 is 43.4 Å².